The first-order chi connectivity index (χ1) is 11.2. The zero-order valence-corrected chi connectivity index (χ0v) is 12.6. The number of aryl methyl sites for hydroxylation is 1. The van der Waals surface area contributed by atoms with E-state index in [2.05, 4.69) is 26.2 Å². The average molecular weight is 308 g/mol. The van der Waals surface area contributed by atoms with Gasteiger partial charge in [0.15, 0.2) is 0 Å². The molecule has 2 amide bonds. The minimum absolute atomic E-state index is 0.259. The van der Waals surface area contributed by atoms with Gasteiger partial charge >= 0.3 is 6.03 Å². The van der Waals surface area contributed by atoms with Crippen molar-refractivity contribution in [3.63, 3.8) is 0 Å². The molecule has 0 radical (unpaired) electrons. The number of nitrogens with zero attached hydrogens (tertiary/aromatic N) is 4. The number of tetrazole rings is 1. The summed E-state index contributed by atoms with van der Waals surface area (Å²) in [5, 5.41) is 16.7. The molecule has 0 atom stereocenters. The number of rotatable bonds is 4. The quantitative estimate of drug-likeness (QED) is 0.774. The lowest BCUT2D eigenvalue weighted by molar-refractivity contribution is 0.251. The van der Waals surface area contributed by atoms with Gasteiger partial charge in [-0.3, -0.25) is 0 Å². The van der Waals surface area contributed by atoms with Crippen molar-refractivity contribution in [2.45, 2.75) is 13.5 Å². The van der Waals surface area contributed by atoms with Crippen LogP contribution in [0.15, 0.2) is 54.9 Å². The molecule has 116 valence electrons. The molecule has 0 saturated heterocycles. The van der Waals surface area contributed by atoms with Gasteiger partial charge in [-0.05, 0) is 40.6 Å². The van der Waals surface area contributed by atoms with E-state index in [0.29, 0.717) is 12.2 Å². The lowest BCUT2D eigenvalue weighted by Crippen LogP contribution is -2.28. The fraction of sp³-hybridized carbons (Fsp3) is 0.125. The van der Waals surface area contributed by atoms with Crippen LogP contribution in [0.25, 0.3) is 5.69 Å². The third kappa shape index (κ3) is 3.70. The molecule has 0 bridgehead atoms. The Morgan fingerprint density at radius 1 is 1.17 bits per heavy atom. The van der Waals surface area contributed by atoms with Crippen LogP contribution in [0.3, 0.4) is 0 Å². The van der Waals surface area contributed by atoms with Crippen LogP contribution in [0.5, 0.6) is 0 Å². The summed E-state index contributed by atoms with van der Waals surface area (Å²) in [6.07, 6.45) is 1.50. The maximum absolute atomic E-state index is 12.1. The highest BCUT2D eigenvalue weighted by Crippen LogP contribution is 2.18. The van der Waals surface area contributed by atoms with Gasteiger partial charge in [0.05, 0.1) is 5.69 Å². The molecular formula is C16H16N6O. The van der Waals surface area contributed by atoms with Crippen LogP contribution in [0.4, 0.5) is 10.5 Å². The van der Waals surface area contributed by atoms with Crippen molar-refractivity contribution in [3.05, 3.63) is 66.0 Å². The average Bonchev–Trinajstić information content (AvgIpc) is 3.10. The van der Waals surface area contributed by atoms with E-state index in [-0.39, 0.29) is 6.03 Å². The summed E-state index contributed by atoms with van der Waals surface area (Å²) in [5.41, 5.74) is 3.49. The van der Waals surface area contributed by atoms with Gasteiger partial charge in [-0.2, -0.15) is 0 Å². The Morgan fingerprint density at radius 3 is 2.74 bits per heavy atom. The van der Waals surface area contributed by atoms with Crippen molar-refractivity contribution < 1.29 is 4.79 Å². The van der Waals surface area contributed by atoms with Crippen LogP contribution in [0.2, 0.25) is 0 Å². The highest BCUT2D eigenvalue weighted by Gasteiger charge is 2.07. The monoisotopic (exact) mass is 308 g/mol. The summed E-state index contributed by atoms with van der Waals surface area (Å²) < 4.78 is 1.53. The molecule has 7 nitrogen and oxygen atoms in total. The number of hydrogen-bond acceptors (Lipinski definition) is 4. The molecule has 3 aromatic rings. The molecular weight excluding hydrogens is 292 g/mol. The third-order valence-electron chi connectivity index (χ3n) is 3.38. The van der Waals surface area contributed by atoms with Gasteiger partial charge in [0.2, 0.25) is 0 Å². The molecule has 0 saturated carbocycles. The molecule has 0 aliphatic carbocycles. The van der Waals surface area contributed by atoms with Gasteiger partial charge in [-0.1, -0.05) is 36.4 Å². The normalized spacial score (nSPS) is 10.3. The number of hydrogen-bond donors (Lipinski definition) is 2. The number of amides is 2. The number of carbonyl (C=O) groups is 1. The summed E-state index contributed by atoms with van der Waals surface area (Å²) >= 11 is 0. The number of aromatic nitrogens is 4. The van der Waals surface area contributed by atoms with Crippen molar-refractivity contribution in [2.24, 2.45) is 0 Å². The van der Waals surface area contributed by atoms with Crippen LogP contribution in [0, 0.1) is 6.92 Å². The first-order valence-corrected chi connectivity index (χ1v) is 7.15. The summed E-state index contributed by atoms with van der Waals surface area (Å²) in [5.74, 6) is 0. The van der Waals surface area contributed by atoms with Gasteiger partial charge in [0, 0.05) is 12.2 Å². The fourth-order valence-electron chi connectivity index (χ4n) is 2.11. The predicted octanol–water partition coefficient (Wildman–Crippen LogP) is 2.29. The lowest BCUT2D eigenvalue weighted by atomic mass is 10.2. The predicted molar refractivity (Wildman–Crippen MR) is 86.2 cm³/mol. The third-order valence-corrected chi connectivity index (χ3v) is 3.38. The van der Waals surface area contributed by atoms with Crippen molar-refractivity contribution in [2.75, 3.05) is 5.32 Å². The van der Waals surface area contributed by atoms with E-state index in [1.54, 1.807) is 0 Å². The highest BCUT2D eigenvalue weighted by molar-refractivity contribution is 5.90. The molecule has 7 heteroatoms. The molecule has 2 N–H and O–H groups in total. The van der Waals surface area contributed by atoms with Gasteiger partial charge in [0.1, 0.15) is 6.33 Å². The molecule has 0 fully saturated rings. The van der Waals surface area contributed by atoms with Crippen molar-refractivity contribution in [3.8, 4) is 5.69 Å². The topological polar surface area (TPSA) is 84.7 Å². The van der Waals surface area contributed by atoms with E-state index in [4.69, 9.17) is 0 Å². The standard InChI is InChI=1S/C16H16N6O/c1-12-7-8-14(22-11-18-20-21-22)9-15(12)19-16(23)17-10-13-5-3-2-4-6-13/h2-9,11H,10H2,1H3,(H2,17,19,23). The Labute approximate surface area is 133 Å². The summed E-state index contributed by atoms with van der Waals surface area (Å²) in [6.45, 7) is 2.40. The maximum atomic E-state index is 12.1. The van der Waals surface area contributed by atoms with E-state index in [1.807, 2.05) is 55.5 Å². The summed E-state index contributed by atoms with van der Waals surface area (Å²) in [4.78, 5) is 12.1. The smallest absolute Gasteiger partial charge is 0.319 e. The largest absolute Gasteiger partial charge is 0.334 e. The molecule has 1 aromatic heterocycles. The number of carbonyl (C=O) groups excluding carboxylic acids is 1. The van der Waals surface area contributed by atoms with E-state index in [1.165, 1.54) is 11.0 Å². The van der Waals surface area contributed by atoms with Crippen LogP contribution in [-0.2, 0) is 6.54 Å². The first-order valence-electron chi connectivity index (χ1n) is 7.15. The first kappa shape index (κ1) is 14.7. The second kappa shape index (κ2) is 6.69. The second-order valence-electron chi connectivity index (χ2n) is 5.05. The van der Waals surface area contributed by atoms with Crippen molar-refractivity contribution >= 4 is 11.7 Å². The highest BCUT2D eigenvalue weighted by atomic mass is 16.2. The van der Waals surface area contributed by atoms with E-state index >= 15 is 0 Å². The minimum Gasteiger partial charge on any atom is -0.334 e. The molecule has 1 heterocycles. The Balaban J connectivity index is 1.67. The van der Waals surface area contributed by atoms with Gasteiger partial charge in [-0.15, -0.1) is 5.10 Å². The van der Waals surface area contributed by atoms with E-state index < -0.39 is 0 Å². The van der Waals surface area contributed by atoms with E-state index in [0.717, 1.165) is 16.8 Å². The summed E-state index contributed by atoms with van der Waals surface area (Å²) in [6, 6.07) is 15.1. The van der Waals surface area contributed by atoms with Gasteiger partial charge < -0.3 is 10.6 Å². The lowest BCUT2D eigenvalue weighted by Gasteiger charge is -2.11. The molecule has 23 heavy (non-hydrogen) atoms. The van der Waals surface area contributed by atoms with Gasteiger partial charge in [-0.25, -0.2) is 9.48 Å². The molecule has 0 spiro atoms. The Hall–Kier alpha value is -3.22. The number of nitrogens with one attached hydrogen (secondary N) is 2. The molecule has 0 aliphatic heterocycles. The fourth-order valence-corrected chi connectivity index (χ4v) is 2.11. The summed E-state index contributed by atoms with van der Waals surface area (Å²) in [7, 11) is 0. The molecule has 2 aromatic carbocycles. The zero-order valence-electron chi connectivity index (χ0n) is 12.6. The molecule has 0 aliphatic rings. The number of anilines is 1. The zero-order chi connectivity index (χ0) is 16.1. The Kier molecular flexibility index (Phi) is 4.28. The number of urea groups is 1. The maximum Gasteiger partial charge on any atom is 0.319 e. The van der Waals surface area contributed by atoms with Crippen LogP contribution >= 0.6 is 0 Å². The second-order valence-corrected chi connectivity index (χ2v) is 5.05. The van der Waals surface area contributed by atoms with Crippen LogP contribution in [-0.4, -0.2) is 26.2 Å². The number of benzene rings is 2. The molecule has 3 rings (SSSR count). The van der Waals surface area contributed by atoms with Crippen molar-refractivity contribution in [1.82, 2.24) is 25.5 Å². The van der Waals surface area contributed by atoms with Crippen LogP contribution < -0.4 is 10.6 Å². The molecule has 0 unspecified atom stereocenters. The van der Waals surface area contributed by atoms with E-state index in [9.17, 15) is 4.79 Å². The Morgan fingerprint density at radius 2 is 2.00 bits per heavy atom. The van der Waals surface area contributed by atoms with Gasteiger partial charge in [0.25, 0.3) is 0 Å². The van der Waals surface area contributed by atoms with Crippen molar-refractivity contribution in [1.29, 1.82) is 0 Å². The SMILES string of the molecule is Cc1ccc(-n2cnnn2)cc1NC(=O)NCc1ccccc1. The minimum atomic E-state index is -0.259. The van der Waals surface area contributed by atoms with Crippen LogP contribution in [0.1, 0.15) is 11.1 Å². The Bertz CT molecular complexity index is 786.